The van der Waals surface area contributed by atoms with Crippen LogP contribution in [0.15, 0.2) is 18.2 Å². The Morgan fingerprint density at radius 1 is 1.50 bits per heavy atom. The summed E-state index contributed by atoms with van der Waals surface area (Å²) in [5.41, 5.74) is 6.17. The highest BCUT2D eigenvalue weighted by atomic mass is 32.1. The number of thiocarbonyl (C=S) groups is 1. The van der Waals surface area contributed by atoms with Crippen LogP contribution in [0.5, 0.6) is 0 Å². The van der Waals surface area contributed by atoms with Crippen LogP contribution in [0.25, 0.3) is 0 Å². The highest BCUT2D eigenvalue weighted by Gasteiger charge is 2.13. The lowest BCUT2D eigenvalue weighted by Gasteiger charge is -2.17. The van der Waals surface area contributed by atoms with E-state index in [2.05, 4.69) is 5.32 Å². The van der Waals surface area contributed by atoms with Gasteiger partial charge < -0.3 is 11.1 Å². The predicted octanol–water partition coefficient (Wildman–Crippen LogP) is 1.42. The molecule has 0 fully saturated rings. The molecule has 1 aromatic rings. The van der Waals surface area contributed by atoms with Crippen LogP contribution in [0.3, 0.4) is 0 Å². The van der Waals surface area contributed by atoms with Crippen LogP contribution in [0.4, 0.5) is 4.39 Å². The van der Waals surface area contributed by atoms with Gasteiger partial charge in [-0.15, -0.1) is 0 Å². The highest BCUT2D eigenvalue weighted by molar-refractivity contribution is 7.80. The van der Waals surface area contributed by atoms with Gasteiger partial charge in [-0.3, -0.25) is 9.69 Å². The average molecular weight is 297 g/mol. The second-order valence-electron chi connectivity index (χ2n) is 4.67. The van der Waals surface area contributed by atoms with Crippen LogP contribution in [0.1, 0.15) is 24.5 Å². The third-order valence-corrected chi connectivity index (χ3v) is 2.99. The minimum atomic E-state index is -0.416. The smallest absolute Gasteiger partial charge is 0.234 e. The third kappa shape index (κ3) is 4.86. The maximum atomic E-state index is 14.1. The van der Waals surface area contributed by atoms with E-state index in [-0.39, 0.29) is 23.0 Å². The Kier molecular flexibility index (Phi) is 6.54. The minimum absolute atomic E-state index is 0.0349. The van der Waals surface area contributed by atoms with E-state index in [0.29, 0.717) is 18.7 Å². The van der Waals surface area contributed by atoms with Crippen LogP contribution in [0, 0.1) is 5.82 Å². The highest BCUT2D eigenvalue weighted by Crippen LogP contribution is 2.14. The van der Waals surface area contributed by atoms with Crippen LogP contribution in [0.2, 0.25) is 0 Å². The molecule has 0 saturated heterocycles. The maximum Gasteiger partial charge on any atom is 0.234 e. The van der Waals surface area contributed by atoms with E-state index in [1.165, 1.54) is 0 Å². The normalized spacial score (nSPS) is 10.6. The van der Waals surface area contributed by atoms with Gasteiger partial charge in [-0.05, 0) is 19.5 Å². The van der Waals surface area contributed by atoms with Crippen LogP contribution in [-0.4, -0.2) is 35.9 Å². The molecule has 3 N–H and O–H groups in total. The first-order chi connectivity index (χ1) is 9.45. The Balaban J connectivity index is 2.66. The molecule has 20 heavy (non-hydrogen) atoms. The summed E-state index contributed by atoms with van der Waals surface area (Å²) < 4.78 is 14.1. The Morgan fingerprint density at radius 3 is 2.80 bits per heavy atom. The molecule has 6 heteroatoms. The van der Waals surface area contributed by atoms with E-state index in [1.807, 2.05) is 6.92 Å². The third-order valence-electron chi connectivity index (χ3n) is 2.77. The zero-order valence-corrected chi connectivity index (χ0v) is 12.6. The summed E-state index contributed by atoms with van der Waals surface area (Å²) in [4.78, 5) is 13.4. The molecule has 1 aromatic carbocycles. The molecule has 0 spiro atoms. The van der Waals surface area contributed by atoms with Crippen molar-refractivity contribution in [2.24, 2.45) is 5.73 Å². The standard InChI is InChI=1S/C14H20FN3OS/c1-3-7-17-12(19)9-18(2)8-10-5-4-6-11(13(10)15)14(16)20/h4-6H,3,7-9H2,1-2H3,(H2,16,20)(H,17,19). The minimum Gasteiger partial charge on any atom is -0.389 e. The number of benzene rings is 1. The van der Waals surface area contributed by atoms with Gasteiger partial charge in [0.1, 0.15) is 10.8 Å². The first-order valence-electron chi connectivity index (χ1n) is 6.48. The lowest BCUT2D eigenvalue weighted by molar-refractivity contribution is -0.122. The maximum absolute atomic E-state index is 14.1. The Morgan fingerprint density at radius 2 is 2.20 bits per heavy atom. The summed E-state index contributed by atoms with van der Waals surface area (Å²) in [6.45, 7) is 3.18. The lowest BCUT2D eigenvalue weighted by atomic mass is 10.1. The van der Waals surface area contributed by atoms with Crippen molar-refractivity contribution in [1.29, 1.82) is 0 Å². The molecule has 1 rings (SSSR count). The summed E-state index contributed by atoms with van der Waals surface area (Å²) in [7, 11) is 1.76. The monoisotopic (exact) mass is 297 g/mol. The van der Waals surface area contributed by atoms with Crippen molar-refractivity contribution in [1.82, 2.24) is 10.2 Å². The molecular formula is C14H20FN3OS. The predicted molar refractivity (Wildman–Crippen MR) is 81.9 cm³/mol. The van der Waals surface area contributed by atoms with E-state index >= 15 is 0 Å². The van der Waals surface area contributed by atoms with Gasteiger partial charge in [-0.25, -0.2) is 4.39 Å². The van der Waals surface area contributed by atoms with Crippen molar-refractivity contribution >= 4 is 23.1 Å². The Bertz CT molecular complexity index is 493. The average Bonchev–Trinajstić information content (AvgIpc) is 2.38. The fourth-order valence-corrected chi connectivity index (χ4v) is 1.96. The number of nitrogens with two attached hydrogens (primary N) is 1. The van der Waals surface area contributed by atoms with Gasteiger partial charge in [0.15, 0.2) is 0 Å². The second-order valence-corrected chi connectivity index (χ2v) is 5.10. The van der Waals surface area contributed by atoms with Crippen molar-refractivity contribution in [3.8, 4) is 0 Å². The lowest BCUT2D eigenvalue weighted by Crippen LogP contribution is -2.35. The van der Waals surface area contributed by atoms with Crippen molar-refractivity contribution in [3.05, 3.63) is 35.1 Å². The second kappa shape index (κ2) is 7.91. The first kappa shape index (κ1) is 16.5. The van der Waals surface area contributed by atoms with Crippen molar-refractivity contribution in [2.45, 2.75) is 19.9 Å². The SMILES string of the molecule is CCCNC(=O)CN(C)Cc1cccc(C(N)=S)c1F. The molecule has 0 atom stereocenters. The number of carbonyl (C=O) groups is 1. The largest absolute Gasteiger partial charge is 0.389 e. The van der Waals surface area contributed by atoms with E-state index in [4.69, 9.17) is 18.0 Å². The number of nitrogens with zero attached hydrogens (tertiary/aromatic N) is 1. The molecule has 0 bridgehead atoms. The van der Waals surface area contributed by atoms with Gasteiger partial charge >= 0.3 is 0 Å². The summed E-state index contributed by atoms with van der Waals surface area (Å²) >= 11 is 4.80. The molecular weight excluding hydrogens is 277 g/mol. The molecule has 0 aromatic heterocycles. The van der Waals surface area contributed by atoms with E-state index in [9.17, 15) is 9.18 Å². The molecule has 0 aliphatic heterocycles. The number of amides is 1. The van der Waals surface area contributed by atoms with Gasteiger partial charge in [-0.2, -0.15) is 0 Å². The van der Waals surface area contributed by atoms with Gasteiger partial charge in [0.2, 0.25) is 5.91 Å². The van der Waals surface area contributed by atoms with Gasteiger partial charge in [0, 0.05) is 24.2 Å². The quantitative estimate of drug-likeness (QED) is 0.747. The van der Waals surface area contributed by atoms with Crippen LogP contribution < -0.4 is 11.1 Å². The Hall–Kier alpha value is -1.53. The molecule has 0 saturated carbocycles. The van der Waals surface area contributed by atoms with Crippen molar-refractivity contribution in [3.63, 3.8) is 0 Å². The van der Waals surface area contributed by atoms with E-state index in [0.717, 1.165) is 6.42 Å². The molecule has 110 valence electrons. The zero-order valence-electron chi connectivity index (χ0n) is 11.8. The van der Waals surface area contributed by atoms with Gasteiger partial charge in [0.05, 0.1) is 6.54 Å². The van der Waals surface area contributed by atoms with Crippen molar-refractivity contribution < 1.29 is 9.18 Å². The number of rotatable bonds is 7. The summed E-state index contributed by atoms with van der Waals surface area (Å²) in [5, 5.41) is 2.78. The molecule has 4 nitrogen and oxygen atoms in total. The Labute approximate surface area is 124 Å². The first-order valence-corrected chi connectivity index (χ1v) is 6.89. The van der Waals surface area contributed by atoms with Crippen molar-refractivity contribution in [2.75, 3.05) is 20.1 Å². The van der Waals surface area contributed by atoms with Gasteiger partial charge in [-0.1, -0.05) is 31.3 Å². The number of hydrogen-bond acceptors (Lipinski definition) is 3. The van der Waals surface area contributed by atoms with Gasteiger partial charge in [0.25, 0.3) is 0 Å². The number of hydrogen-bond donors (Lipinski definition) is 2. The molecule has 1 amide bonds. The number of likely N-dealkylation sites (N-methyl/N-ethyl adjacent to an activating group) is 1. The molecule has 0 heterocycles. The molecule has 0 unspecified atom stereocenters. The zero-order chi connectivity index (χ0) is 15.1. The number of carbonyl (C=O) groups excluding carboxylic acids is 1. The topological polar surface area (TPSA) is 58.4 Å². The number of nitrogens with one attached hydrogen (secondary N) is 1. The summed E-state index contributed by atoms with van der Waals surface area (Å²) in [6, 6.07) is 4.92. The molecule has 0 radical (unpaired) electrons. The summed E-state index contributed by atoms with van der Waals surface area (Å²) in [5.74, 6) is -0.485. The van der Waals surface area contributed by atoms with Crippen LogP contribution in [-0.2, 0) is 11.3 Å². The summed E-state index contributed by atoms with van der Waals surface area (Å²) in [6.07, 6.45) is 0.889. The van der Waals surface area contributed by atoms with E-state index < -0.39 is 5.82 Å². The van der Waals surface area contributed by atoms with Crippen LogP contribution >= 0.6 is 12.2 Å². The van der Waals surface area contributed by atoms with E-state index in [1.54, 1.807) is 30.1 Å². The fraction of sp³-hybridized carbons (Fsp3) is 0.429. The molecule has 0 aliphatic carbocycles. The fourth-order valence-electron chi connectivity index (χ4n) is 1.80. The number of halogens is 1. The molecule has 0 aliphatic rings.